The number of hydrogen-bond acceptors (Lipinski definition) is 2. The minimum atomic E-state index is -0.0132. The standard InChI is InChI=1S/C15H22N2OS/c1-3-4-5-6-7-14(18)17-15(19)16-13-10-8-12(2)9-11-13/h8-11H,3-7H2,1-2H3,(H2,16,17,18,19). The first-order valence-electron chi connectivity index (χ1n) is 6.79. The maximum atomic E-state index is 11.6. The Labute approximate surface area is 120 Å². The Bertz CT molecular complexity index is 415. The van der Waals surface area contributed by atoms with Gasteiger partial charge in [-0.3, -0.25) is 4.79 Å². The van der Waals surface area contributed by atoms with Gasteiger partial charge in [0.15, 0.2) is 5.11 Å². The molecule has 1 aromatic rings. The van der Waals surface area contributed by atoms with Gasteiger partial charge >= 0.3 is 0 Å². The lowest BCUT2D eigenvalue weighted by Crippen LogP contribution is -2.33. The number of amides is 1. The smallest absolute Gasteiger partial charge is 0.226 e. The quantitative estimate of drug-likeness (QED) is 0.614. The molecule has 1 amide bonds. The SMILES string of the molecule is CCCCCCC(=O)NC(=S)Nc1ccc(C)cc1. The van der Waals surface area contributed by atoms with E-state index in [0.29, 0.717) is 11.5 Å². The Morgan fingerprint density at radius 2 is 1.84 bits per heavy atom. The van der Waals surface area contributed by atoms with Gasteiger partial charge < -0.3 is 10.6 Å². The lowest BCUT2D eigenvalue weighted by Gasteiger charge is -2.09. The van der Waals surface area contributed by atoms with Crippen molar-refractivity contribution >= 4 is 28.9 Å². The van der Waals surface area contributed by atoms with Crippen molar-refractivity contribution in [1.29, 1.82) is 0 Å². The molecule has 1 rings (SSSR count). The van der Waals surface area contributed by atoms with Crippen molar-refractivity contribution in [2.75, 3.05) is 5.32 Å². The van der Waals surface area contributed by atoms with E-state index in [0.717, 1.165) is 18.5 Å². The summed E-state index contributed by atoms with van der Waals surface area (Å²) in [4.78, 5) is 11.6. The van der Waals surface area contributed by atoms with Crippen molar-refractivity contribution in [2.24, 2.45) is 0 Å². The van der Waals surface area contributed by atoms with Crippen molar-refractivity contribution in [3.8, 4) is 0 Å². The second-order valence-corrected chi connectivity index (χ2v) is 5.09. The molecule has 104 valence electrons. The Morgan fingerprint density at radius 3 is 2.47 bits per heavy atom. The summed E-state index contributed by atoms with van der Waals surface area (Å²) in [6.07, 6.45) is 4.92. The highest BCUT2D eigenvalue weighted by Crippen LogP contribution is 2.08. The van der Waals surface area contributed by atoms with Crippen LogP contribution in [0, 0.1) is 6.92 Å². The highest BCUT2D eigenvalue weighted by Gasteiger charge is 2.04. The average Bonchev–Trinajstić information content (AvgIpc) is 2.37. The predicted octanol–water partition coefficient (Wildman–Crippen LogP) is 3.78. The van der Waals surface area contributed by atoms with Crippen LogP contribution in [0.4, 0.5) is 5.69 Å². The van der Waals surface area contributed by atoms with Gasteiger partial charge in [0.1, 0.15) is 0 Å². The van der Waals surface area contributed by atoms with E-state index in [4.69, 9.17) is 12.2 Å². The van der Waals surface area contributed by atoms with Crippen LogP contribution in [-0.4, -0.2) is 11.0 Å². The van der Waals surface area contributed by atoms with Crippen LogP contribution in [0.25, 0.3) is 0 Å². The zero-order valence-electron chi connectivity index (χ0n) is 11.7. The van der Waals surface area contributed by atoms with E-state index in [9.17, 15) is 4.79 Å². The third-order valence-corrected chi connectivity index (χ3v) is 3.02. The van der Waals surface area contributed by atoms with Crippen LogP contribution in [0.3, 0.4) is 0 Å². The van der Waals surface area contributed by atoms with Crippen LogP contribution >= 0.6 is 12.2 Å². The fourth-order valence-corrected chi connectivity index (χ4v) is 1.93. The van der Waals surface area contributed by atoms with Crippen LogP contribution in [-0.2, 0) is 4.79 Å². The van der Waals surface area contributed by atoms with Crippen molar-refractivity contribution < 1.29 is 4.79 Å². The van der Waals surface area contributed by atoms with Gasteiger partial charge in [-0.25, -0.2) is 0 Å². The van der Waals surface area contributed by atoms with Crippen LogP contribution < -0.4 is 10.6 Å². The summed E-state index contributed by atoms with van der Waals surface area (Å²) >= 11 is 5.10. The fourth-order valence-electron chi connectivity index (χ4n) is 1.70. The van der Waals surface area contributed by atoms with E-state index in [2.05, 4.69) is 17.6 Å². The van der Waals surface area contributed by atoms with Gasteiger partial charge in [-0.2, -0.15) is 0 Å². The van der Waals surface area contributed by atoms with E-state index in [1.807, 2.05) is 31.2 Å². The molecule has 0 aliphatic rings. The van der Waals surface area contributed by atoms with E-state index in [1.165, 1.54) is 18.4 Å². The first-order valence-corrected chi connectivity index (χ1v) is 7.20. The molecule has 0 aliphatic heterocycles. The van der Waals surface area contributed by atoms with Crippen molar-refractivity contribution in [3.05, 3.63) is 29.8 Å². The summed E-state index contributed by atoms with van der Waals surface area (Å²) in [6, 6.07) is 7.87. The van der Waals surface area contributed by atoms with E-state index in [1.54, 1.807) is 0 Å². The zero-order valence-corrected chi connectivity index (χ0v) is 12.5. The van der Waals surface area contributed by atoms with Crippen LogP contribution in [0.15, 0.2) is 24.3 Å². The van der Waals surface area contributed by atoms with Gasteiger partial charge in [0.25, 0.3) is 0 Å². The summed E-state index contributed by atoms with van der Waals surface area (Å²) in [6.45, 7) is 4.18. The number of nitrogens with one attached hydrogen (secondary N) is 2. The summed E-state index contributed by atoms with van der Waals surface area (Å²) in [5, 5.41) is 6.07. The lowest BCUT2D eigenvalue weighted by molar-refractivity contribution is -0.119. The number of thiocarbonyl (C=S) groups is 1. The molecule has 19 heavy (non-hydrogen) atoms. The normalized spacial score (nSPS) is 10.0. The Kier molecular flexibility index (Phi) is 7.11. The number of benzene rings is 1. The predicted molar refractivity (Wildman–Crippen MR) is 84.3 cm³/mol. The summed E-state index contributed by atoms with van der Waals surface area (Å²) in [5.74, 6) is -0.0132. The molecule has 4 heteroatoms. The molecule has 0 radical (unpaired) electrons. The van der Waals surface area contributed by atoms with Crippen molar-refractivity contribution in [3.63, 3.8) is 0 Å². The first kappa shape index (κ1) is 15.6. The third kappa shape index (κ3) is 6.91. The summed E-state index contributed by atoms with van der Waals surface area (Å²) < 4.78 is 0. The Morgan fingerprint density at radius 1 is 1.16 bits per heavy atom. The van der Waals surface area contributed by atoms with Gasteiger partial charge in [-0.15, -0.1) is 0 Å². The molecule has 0 spiro atoms. The van der Waals surface area contributed by atoms with Crippen molar-refractivity contribution in [2.45, 2.75) is 46.0 Å². The maximum absolute atomic E-state index is 11.6. The molecular formula is C15H22N2OS. The Balaban J connectivity index is 2.26. The number of hydrogen-bond donors (Lipinski definition) is 2. The van der Waals surface area contributed by atoms with Gasteiger partial charge in [0.2, 0.25) is 5.91 Å². The number of unbranched alkanes of at least 4 members (excludes halogenated alkanes) is 3. The molecule has 0 saturated carbocycles. The number of aryl methyl sites for hydroxylation is 1. The zero-order chi connectivity index (χ0) is 14.1. The molecule has 0 atom stereocenters. The van der Waals surface area contributed by atoms with E-state index >= 15 is 0 Å². The van der Waals surface area contributed by atoms with Gasteiger partial charge in [0.05, 0.1) is 0 Å². The lowest BCUT2D eigenvalue weighted by atomic mass is 10.1. The first-order chi connectivity index (χ1) is 9.11. The highest BCUT2D eigenvalue weighted by atomic mass is 32.1. The number of rotatable bonds is 6. The van der Waals surface area contributed by atoms with Crippen LogP contribution in [0.5, 0.6) is 0 Å². The fraction of sp³-hybridized carbons (Fsp3) is 0.467. The summed E-state index contributed by atoms with van der Waals surface area (Å²) in [5.41, 5.74) is 2.08. The van der Waals surface area contributed by atoms with Crippen LogP contribution in [0.2, 0.25) is 0 Å². The second kappa shape index (κ2) is 8.64. The molecule has 0 aliphatic carbocycles. The second-order valence-electron chi connectivity index (χ2n) is 4.68. The molecule has 0 unspecified atom stereocenters. The van der Waals surface area contributed by atoms with Gasteiger partial charge in [0, 0.05) is 12.1 Å². The third-order valence-electron chi connectivity index (χ3n) is 2.82. The molecule has 0 aromatic heterocycles. The van der Waals surface area contributed by atoms with Gasteiger partial charge in [-0.1, -0.05) is 43.9 Å². The summed E-state index contributed by atoms with van der Waals surface area (Å²) in [7, 11) is 0. The largest absolute Gasteiger partial charge is 0.332 e. The monoisotopic (exact) mass is 278 g/mol. The molecule has 0 saturated heterocycles. The molecule has 0 heterocycles. The highest BCUT2D eigenvalue weighted by molar-refractivity contribution is 7.80. The van der Waals surface area contributed by atoms with Crippen LogP contribution in [0.1, 0.15) is 44.6 Å². The number of anilines is 1. The molecular weight excluding hydrogens is 256 g/mol. The molecule has 0 fully saturated rings. The maximum Gasteiger partial charge on any atom is 0.226 e. The van der Waals surface area contributed by atoms with Crippen molar-refractivity contribution in [1.82, 2.24) is 5.32 Å². The minimum absolute atomic E-state index is 0.0132. The number of carbonyl (C=O) groups excluding carboxylic acids is 1. The Hall–Kier alpha value is -1.42. The van der Waals surface area contributed by atoms with E-state index in [-0.39, 0.29) is 5.91 Å². The molecule has 3 nitrogen and oxygen atoms in total. The number of carbonyl (C=O) groups is 1. The topological polar surface area (TPSA) is 41.1 Å². The van der Waals surface area contributed by atoms with Gasteiger partial charge in [-0.05, 0) is 37.7 Å². The molecule has 1 aromatic carbocycles. The minimum Gasteiger partial charge on any atom is -0.332 e. The average molecular weight is 278 g/mol. The van der Waals surface area contributed by atoms with E-state index < -0.39 is 0 Å². The molecule has 0 bridgehead atoms. The molecule has 2 N–H and O–H groups in total.